The Morgan fingerprint density at radius 3 is 2.58 bits per heavy atom. The van der Waals surface area contributed by atoms with Crippen molar-refractivity contribution in [1.29, 1.82) is 0 Å². The predicted octanol–water partition coefficient (Wildman–Crippen LogP) is 1.44. The Balaban J connectivity index is 2.17. The van der Waals surface area contributed by atoms with E-state index in [4.69, 9.17) is 0 Å². The molecule has 0 amide bonds. The monoisotopic (exact) mass is 282 g/mol. The quantitative estimate of drug-likeness (QED) is 0.908. The van der Waals surface area contributed by atoms with Gasteiger partial charge in [0.25, 0.3) is 0 Å². The van der Waals surface area contributed by atoms with Crippen LogP contribution in [0, 0.1) is 0 Å². The summed E-state index contributed by atoms with van der Waals surface area (Å²) < 4.78 is 24.1. The Morgan fingerprint density at radius 2 is 1.95 bits per heavy atom. The fourth-order valence-corrected chi connectivity index (χ4v) is 3.92. The van der Waals surface area contributed by atoms with Gasteiger partial charge in [0.2, 0.25) is 0 Å². The van der Waals surface area contributed by atoms with Gasteiger partial charge in [-0.15, -0.1) is 0 Å². The van der Waals surface area contributed by atoms with E-state index in [1.165, 1.54) is 0 Å². The molecule has 0 radical (unpaired) electrons. The number of sulfone groups is 1. The first-order chi connectivity index (χ1) is 8.74. The third-order valence-corrected chi connectivity index (χ3v) is 5.82. The molecule has 0 saturated carbocycles. The highest BCUT2D eigenvalue weighted by Crippen LogP contribution is 2.33. The summed E-state index contributed by atoms with van der Waals surface area (Å²) in [6.07, 6.45) is 0. The van der Waals surface area contributed by atoms with E-state index in [-0.39, 0.29) is 17.3 Å². The van der Waals surface area contributed by atoms with E-state index in [9.17, 15) is 8.42 Å². The third kappa shape index (κ3) is 2.83. The number of likely N-dealkylation sites (N-methyl/N-ethyl adjacent to an activating group) is 1. The molecule has 0 bridgehead atoms. The number of hydrogen-bond donors (Lipinski definition) is 1. The Morgan fingerprint density at radius 1 is 1.32 bits per heavy atom. The molecule has 0 aliphatic carbocycles. The molecule has 0 saturated heterocycles. The molecule has 1 atom stereocenters. The summed E-state index contributed by atoms with van der Waals surface area (Å²) in [5.74, 6) is 0.163. The zero-order valence-electron chi connectivity index (χ0n) is 12.0. The third-order valence-electron chi connectivity index (χ3n) is 4.01. The van der Waals surface area contributed by atoms with Gasteiger partial charge in [0.1, 0.15) is 0 Å². The van der Waals surface area contributed by atoms with Gasteiger partial charge < -0.3 is 10.2 Å². The molecular formula is C14H22N2O2S. The molecule has 2 rings (SSSR count). The number of hydrogen-bond acceptors (Lipinski definition) is 4. The minimum Gasteiger partial charge on any atom is -0.307 e. The van der Waals surface area contributed by atoms with Gasteiger partial charge in [0, 0.05) is 18.1 Å². The van der Waals surface area contributed by atoms with Crippen LogP contribution < -0.4 is 5.32 Å². The van der Waals surface area contributed by atoms with Crippen LogP contribution in [0.4, 0.5) is 0 Å². The van der Waals surface area contributed by atoms with E-state index in [2.05, 4.69) is 24.1 Å². The lowest BCUT2D eigenvalue weighted by Crippen LogP contribution is -2.47. The van der Waals surface area contributed by atoms with Gasteiger partial charge in [-0.05, 0) is 39.6 Å². The van der Waals surface area contributed by atoms with Crippen LogP contribution in [0.25, 0.3) is 0 Å². The summed E-state index contributed by atoms with van der Waals surface area (Å²) in [4.78, 5) is 2.62. The highest BCUT2D eigenvalue weighted by molar-refractivity contribution is 7.91. The second kappa shape index (κ2) is 4.89. The Labute approximate surface area is 115 Å². The molecule has 0 fully saturated rings. The molecule has 106 valence electrons. The van der Waals surface area contributed by atoms with Crippen molar-refractivity contribution >= 4 is 9.84 Å². The molecule has 1 N–H and O–H groups in total. The second-order valence-corrected chi connectivity index (χ2v) is 7.96. The van der Waals surface area contributed by atoms with E-state index < -0.39 is 9.84 Å². The highest BCUT2D eigenvalue weighted by Gasteiger charge is 2.35. The van der Waals surface area contributed by atoms with Crippen LogP contribution in [0.5, 0.6) is 0 Å². The van der Waals surface area contributed by atoms with Gasteiger partial charge in [0.15, 0.2) is 9.84 Å². The lowest BCUT2D eigenvalue weighted by atomic mass is 10.0. The Hall–Kier alpha value is -0.910. The standard InChI is InChI=1S/C14H22N2O2S/c1-14(2,16(3)4)10-15-12-9-19(17,18)13-8-6-5-7-11(12)13/h5-8,12,15H,9-10H2,1-4H3. The molecule has 4 nitrogen and oxygen atoms in total. The average Bonchev–Trinajstić information content (AvgIpc) is 2.59. The van der Waals surface area contributed by atoms with Crippen LogP contribution in [0.2, 0.25) is 0 Å². The smallest absolute Gasteiger partial charge is 0.180 e. The van der Waals surface area contributed by atoms with E-state index >= 15 is 0 Å². The van der Waals surface area contributed by atoms with Crippen LogP contribution in [0.1, 0.15) is 25.5 Å². The van der Waals surface area contributed by atoms with Gasteiger partial charge >= 0.3 is 0 Å². The van der Waals surface area contributed by atoms with Crippen LogP contribution in [0.15, 0.2) is 29.2 Å². The van der Waals surface area contributed by atoms with E-state index in [0.717, 1.165) is 12.1 Å². The Bertz CT molecular complexity index is 565. The minimum atomic E-state index is -3.12. The van der Waals surface area contributed by atoms with Gasteiger partial charge in [-0.1, -0.05) is 18.2 Å². The first-order valence-electron chi connectivity index (χ1n) is 6.46. The zero-order valence-corrected chi connectivity index (χ0v) is 12.8. The summed E-state index contributed by atoms with van der Waals surface area (Å²) in [5, 5.41) is 3.39. The van der Waals surface area contributed by atoms with Crippen molar-refractivity contribution in [1.82, 2.24) is 10.2 Å². The van der Waals surface area contributed by atoms with Crippen molar-refractivity contribution in [3.8, 4) is 0 Å². The largest absolute Gasteiger partial charge is 0.307 e. The SMILES string of the molecule is CN(C)C(C)(C)CNC1CS(=O)(=O)c2ccccc21. The summed E-state index contributed by atoms with van der Waals surface area (Å²) in [6, 6.07) is 7.18. The van der Waals surface area contributed by atoms with E-state index in [1.54, 1.807) is 12.1 Å². The second-order valence-electron chi connectivity index (χ2n) is 5.96. The number of fused-ring (bicyclic) bond motifs is 1. The fourth-order valence-electron chi connectivity index (χ4n) is 2.15. The lowest BCUT2D eigenvalue weighted by molar-refractivity contribution is 0.186. The maximum absolute atomic E-state index is 12.1. The highest BCUT2D eigenvalue weighted by atomic mass is 32.2. The van der Waals surface area contributed by atoms with Crippen LogP contribution in [-0.2, 0) is 9.84 Å². The maximum Gasteiger partial charge on any atom is 0.180 e. The number of benzene rings is 1. The molecule has 1 aromatic carbocycles. The van der Waals surface area contributed by atoms with Gasteiger partial charge in [0.05, 0.1) is 10.6 Å². The zero-order chi connectivity index (χ0) is 14.3. The molecule has 1 aliphatic rings. The first kappa shape index (κ1) is 14.5. The summed E-state index contributed by atoms with van der Waals surface area (Å²) in [5.41, 5.74) is 0.887. The van der Waals surface area contributed by atoms with E-state index in [0.29, 0.717) is 4.90 Å². The lowest BCUT2D eigenvalue weighted by Gasteiger charge is -2.34. The fraction of sp³-hybridized carbons (Fsp3) is 0.571. The number of nitrogens with zero attached hydrogens (tertiary/aromatic N) is 1. The van der Waals surface area contributed by atoms with Crippen LogP contribution >= 0.6 is 0 Å². The van der Waals surface area contributed by atoms with Crippen molar-refractivity contribution < 1.29 is 8.42 Å². The molecule has 5 heteroatoms. The number of rotatable bonds is 4. The van der Waals surface area contributed by atoms with Gasteiger partial charge in [-0.25, -0.2) is 8.42 Å². The molecule has 0 aromatic heterocycles. The topological polar surface area (TPSA) is 49.4 Å². The Kier molecular flexibility index (Phi) is 3.73. The molecule has 19 heavy (non-hydrogen) atoms. The van der Waals surface area contributed by atoms with E-state index in [1.807, 2.05) is 26.2 Å². The van der Waals surface area contributed by atoms with Crippen molar-refractivity contribution in [2.45, 2.75) is 30.3 Å². The minimum absolute atomic E-state index is 0.0126. The van der Waals surface area contributed by atoms with Crippen molar-refractivity contribution in [3.05, 3.63) is 29.8 Å². The van der Waals surface area contributed by atoms with Crippen LogP contribution in [0.3, 0.4) is 0 Å². The maximum atomic E-state index is 12.1. The summed E-state index contributed by atoms with van der Waals surface area (Å²) in [7, 11) is 0.939. The molecule has 1 heterocycles. The van der Waals surface area contributed by atoms with Crippen LogP contribution in [-0.4, -0.2) is 45.2 Å². The molecule has 0 spiro atoms. The van der Waals surface area contributed by atoms with Crippen molar-refractivity contribution in [2.24, 2.45) is 0 Å². The first-order valence-corrected chi connectivity index (χ1v) is 8.12. The van der Waals surface area contributed by atoms with Crippen molar-refractivity contribution in [3.63, 3.8) is 0 Å². The molecular weight excluding hydrogens is 260 g/mol. The normalized spacial score (nSPS) is 21.6. The number of nitrogens with one attached hydrogen (secondary N) is 1. The van der Waals surface area contributed by atoms with Crippen molar-refractivity contribution in [2.75, 3.05) is 26.4 Å². The van der Waals surface area contributed by atoms with Gasteiger partial charge in [-0.3, -0.25) is 0 Å². The summed E-state index contributed by atoms with van der Waals surface area (Å²) >= 11 is 0. The van der Waals surface area contributed by atoms with Gasteiger partial charge in [-0.2, -0.15) is 0 Å². The molecule has 1 unspecified atom stereocenters. The average molecular weight is 282 g/mol. The summed E-state index contributed by atoms with van der Waals surface area (Å²) in [6.45, 7) is 5.01. The molecule has 1 aromatic rings. The predicted molar refractivity (Wildman–Crippen MR) is 77.0 cm³/mol. The molecule has 1 aliphatic heterocycles.